The van der Waals surface area contributed by atoms with Gasteiger partial charge in [0, 0.05) is 6.20 Å². The van der Waals surface area contributed by atoms with E-state index in [0.29, 0.717) is 15.7 Å². The van der Waals surface area contributed by atoms with Crippen LogP contribution in [0.25, 0.3) is 0 Å². The zero-order valence-electron chi connectivity index (χ0n) is 9.79. The van der Waals surface area contributed by atoms with Crippen LogP contribution >= 0.6 is 15.9 Å². The van der Waals surface area contributed by atoms with Gasteiger partial charge in [-0.2, -0.15) is 5.26 Å². The average Bonchev–Trinajstić information content (AvgIpc) is 2.40. The molecule has 2 atom stereocenters. The summed E-state index contributed by atoms with van der Waals surface area (Å²) in [4.78, 5) is 3.98. The predicted molar refractivity (Wildman–Crippen MR) is 71.7 cm³/mol. The molecule has 0 aliphatic carbocycles. The molecule has 3 nitrogen and oxygen atoms in total. The summed E-state index contributed by atoms with van der Waals surface area (Å²) in [6.07, 6.45) is 0.543. The first kappa shape index (κ1) is 13.7. The molecular weight excluding hydrogens is 311 g/mol. The highest BCUT2D eigenvalue weighted by Crippen LogP contribution is 2.31. The lowest BCUT2D eigenvalue weighted by molar-refractivity contribution is 0.164. The van der Waals surface area contributed by atoms with E-state index in [1.54, 1.807) is 18.3 Å². The molecule has 0 aliphatic heterocycles. The molecule has 1 heterocycles. The second-order valence-electron chi connectivity index (χ2n) is 4.02. The highest BCUT2D eigenvalue weighted by molar-refractivity contribution is 9.10. The first-order chi connectivity index (χ1) is 9.11. The van der Waals surface area contributed by atoms with Gasteiger partial charge in [-0.1, -0.05) is 12.1 Å². The van der Waals surface area contributed by atoms with Crippen LogP contribution < -0.4 is 0 Å². The van der Waals surface area contributed by atoms with E-state index in [0.717, 1.165) is 0 Å². The van der Waals surface area contributed by atoms with Gasteiger partial charge in [0.05, 0.1) is 12.2 Å². The van der Waals surface area contributed by atoms with E-state index < -0.39 is 12.0 Å². The van der Waals surface area contributed by atoms with Crippen LogP contribution in [0.2, 0.25) is 0 Å². The van der Waals surface area contributed by atoms with Gasteiger partial charge in [0.15, 0.2) is 0 Å². The Labute approximate surface area is 118 Å². The maximum atomic E-state index is 12.8. The normalized spacial score (nSPS) is 13.6. The van der Waals surface area contributed by atoms with Crippen molar-refractivity contribution in [1.82, 2.24) is 4.98 Å². The van der Waals surface area contributed by atoms with Gasteiger partial charge in [-0.3, -0.25) is 0 Å². The lowest BCUT2D eigenvalue weighted by Crippen LogP contribution is -2.09. The number of nitriles is 1. The monoisotopic (exact) mass is 320 g/mol. The molecule has 0 spiro atoms. The highest BCUT2D eigenvalue weighted by Gasteiger charge is 2.22. The molecule has 2 unspecified atom stereocenters. The van der Waals surface area contributed by atoms with Crippen LogP contribution in [0.4, 0.5) is 4.39 Å². The molecule has 1 N–H and O–H groups in total. The highest BCUT2D eigenvalue weighted by atomic mass is 79.9. The van der Waals surface area contributed by atoms with E-state index in [9.17, 15) is 14.8 Å². The average molecular weight is 321 g/mol. The molecule has 0 saturated carbocycles. The molecule has 96 valence electrons. The van der Waals surface area contributed by atoms with E-state index in [1.807, 2.05) is 0 Å². The minimum absolute atomic E-state index is 0.379. The molecule has 0 radical (unpaired) electrons. The Balaban J connectivity index is 2.32. The molecule has 0 fully saturated rings. The number of hydrogen-bond donors (Lipinski definition) is 1. The van der Waals surface area contributed by atoms with E-state index >= 15 is 0 Å². The Morgan fingerprint density at radius 3 is 2.47 bits per heavy atom. The molecular formula is C14H10BrFN2O. The number of nitrogens with zero attached hydrogens (tertiary/aromatic N) is 2. The summed E-state index contributed by atoms with van der Waals surface area (Å²) in [6, 6.07) is 10.9. The Kier molecular flexibility index (Phi) is 4.25. The van der Waals surface area contributed by atoms with Crippen LogP contribution in [0.3, 0.4) is 0 Å². The van der Waals surface area contributed by atoms with Gasteiger partial charge >= 0.3 is 0 Å². The van der Waals surface area contributed by atoms with Gasteiger partial charge in [-0.05, 0) is 51.3 Å². The standard InChI is InChI=1S/C14H10BrFN2O/c15-13-7-10(5-6-18-13)12(8-17)14(19)9-1-3-11(16)4-2-9/h1-7,12,14,19H. The molecule has 1 aromatic heterocycles. The quantitative estimate of drug-likeness (QED) is 0.882. The van der Waals surface area contributed by atoms with Crippen molar-refractivity contribution in [3.8, 4) is 6.07 Å². The summed E-state index contributed by atoms with van der Waals surface area (Å²) in [7, 11) is 0. The van der Waals surface area contributed by atoms with Crippen molar-refractivity contribution in [2.45, 2.75) is 12.0 Å². The van der Waals surface area contributed by atoms with Gasteiger partial charge in [0.25, 0.3) is 0 Å². The largest absolute Gasteiger partial charge is 0.387 e. The summed E-state index contributed by atoms with van der Waals surface area (Å²) < 4.78 is 13.4. The van der Waals surface area contributed by atoms with E-state index in [4.69, 9.17) is 0 Å². The smallest absolute Gasteiger partial charge is 0.123 e. The van der Waals surface area contributed by atoms with Crippen LogP contribution in [0.1, 0.15) is 23.1 Å². The molecule has 0 bridgehead atoms. The van der Waals surface area contributed by atoms with E-state index in [-0.39, 0.29) is 5.82 Å². The topological polar surface area (TPSA) is 56.9 Å². The van der Waals surface area contributed by atoms with Crippen molar-refractivity contribution >= 4 is 15.9 Å². The van der Waals surface area contributed by atoms with E-state index in [1.165, 1.54) is 24.3 Å². The molecule has 1 aromatic carbocycles. The van der Waals surface area contributed by atoms with Crippen LogP contribution in [0, 0.1) is 17.1 Å². The Bertz CT molecular complexity index is 610. The Hall–Kier alpha value is -1.77. The maximum Gasteiger partial charge on any atom is 0.123 e. The third-order valence-electron chi connectivity index (χ3n) is 2.78. The fraction of sp³-hybridized carbons (Fsp3) is 0.143. The second-order valence-corrected chi connectivity index (χ2v) is 4.83. The van der Waals surface area contributed by atoms with Crippen molar-refractivity contribution in [3.63, 3.8) is 0 Å². The van der Waals surface area contributed by atoms with Crippen molar-refractivity contribution in [2.75, 3.05) is 0 Å². The number of pyridine rings is 1. The van der Waals surface area contributed by atoms with Gasteiger partial charge in [0.2, 0.25) is 0 Å². The number of aliphatic hydroxyl groups is 1. The van der Waals surface area contributed by atoms with Crippen LogP contribution in [-0.4, -0.2) is 10.1 Å². The second kappa shape index (κ2) is 5.91. The molecule has 0 aliphatic rings. The Morgan fingerprint density at radius 2 is 1.89 bits per heavy atom. The summed E-state index contributed by atoms with van der Waals surface area (Å²) in [5.74, 6) is -1.11. The molecule has 2 rings (SSSR count). The van der Waals surface area contributed by atoms with E-state index in [2.05, 4.69) is 27.0 Å². The first-order valence-electron chi connectivity index (χ1n) is 5.56. The zero-order valence-corrected chi connectivity index (χ0v) is 11.4. The number of halogens is 2. The minimum Gasteiger partial charge on any atom is -0.387 e. The lowest BCUT2D eigenvalue weighted by Gasteiger charge is -2.17. The summed E-state index contributed by atoms with van der Waals surface area (Å²) in [5, 5.41) is 19.5. The van der Waals surface area contributed by atoms with Crippen molar-refractivity contribution in [3.05, 3.63) is 64.1 Å². The molecule has 2 aromatic rings. The lowest BCUT2D eigenvalue weighted by atomic mass is 9.91. The fourth-order valence-corrected chi connectivity index (χ4v) is 2.17. The number of benzene rings is 1. The van der Waals surface area contributed by atoms with Gasteiger partial charge < -0.3 is 5.11 Å². The summed E-state index contributed by atoms with van der Waals surface area (Å²) in [5.41, 5.74) is 1.15. The van der Waals surface area contributed by atoms with Crippen molar-refractivity contribution in [1.29, 1.82) is 5.26 Å². The SMILES string of the molecule is N#CC(c1ccnc(Br)c1)C(O)c1ccc(F)cc1. The van der Waals surface area contributed by atoms with Crippen molar-refractivity contribution in [2.24, 2.45) is 0 Å². The summed E-state index contributed by atoms with van der Waals surface area (Å²) >= 11 is 3.22. The predicted octanol–water partition coefficient (Wildman–Crippen LogP) is 3.32. The maximum absolute atomic E-state index is 12.8. The Morgan fingerprint density at radius 1 is 1.21 bits per heavy atom. The van der Waals surface area contributed by atoms with Gasteiger partial charge in [-0.25, -0.2) is 9.37 Å². The molecule has 0 saturated heterocycles. The number of hydrogen-bond acceptors (Lipinski definition) is 3. The first-order valence-corrected chi connectivity index (χ1v) is 6.35. The van der Waals surface area contributed by atoms with Crippen molar-refractivity contribution < 1.29 is 9.50 Å². The third-order valence-corrected chi connectivity index (χ3v) is 3.21. The van der Waals surface area contributed by atoms with Gasteiger partial charge in [0.1, 0.15) is 16.3 Å². The fourth-order valence-electron chi connectivity index (χ4n) is 1.79. The minimum atomic E-state index is -1.01. The molecule has 19 heavy (non-hydrogen) atoms. The zero-order chi connectivity index (χ0) is 13.8. The van der Waals surface area contributed by atoms with Crippen LogP contribution in [0.15, 0.2) is 47.2 Å². The number of aromatic nitrogens is 1. The van der Waals surface area contributed by atoms with Crippen LogP contribution in [-0.2, 0) is 0 Å². The molecule has 5 heteroatoms. The third kappa shape index (κ3) is 3.16. The number of rotatable bonds is 3. The number of aliphatic hydroxyl groups excluding tert-OH is 1. The van der Waals surface area contributed by atoms with Crippen LogP contribution in [0.5, 0.6) is 0 Å². The molecule has 0 amide bonds. The summed E-state index contributed by atoms with van der Waals surface area (Å²) in [6.45, 7) is 0. The van der Waals surface area contributed by atoms with Gasteiger partial charge in [-0.15, -0.1) is 0 Å².